The Morgan fingerprint density at radius 1 is 1.67 bits per heavy atom. The first-order chi connectivity index (χ1) is 8.56. The van der Waals surface area contributed by atoms with Crippen LogP contribution >= 0.6 is 11.3 Å². The molecule has 0 saturated heterocycles. The molecular weight excluding hydrogens is 254 g/mol. The van der Waals surface area contributed by atoms with Crippen molar-refractivity contribution < 1.29 is 14.3 Å². The molecule has 96 valence electrons. The van der Waals surface area contributed by atoms with Gasteiger partial charge in [-0.3, -0.25) is 4.79 Å². The summed E-state index contributed by atoms with van der Waals surface area (Å²) in [4.78, 5) is 14.8. The van der Waals surface area contributed by atoms with Gasteiger partial charge in [-0.05, 0) is 19.1 Å². The van der Waals surface area contributed by atoms with E-state index < -0.39 is 12.0 Å². The molecule has 0 aromatic carbocycles. The Morgan fingerprint density at radius 3 is 3.06 bits per heavy atom. The van der Waals surface area contributed by atoms with Crippen molar-refractivity contribution in [2.75, 3.05) is 5.32 Å². The van der Waals surface area contributed by atoms with Gasteiger partial charge in [0.2, 0.25) is 0 Å². The van der Waals surface area contributed by atoms with E-state index in [1.807, 2.05) is 19.1 Å². The number of nitrogens with zero attached hydrogens (tertiary/aromatic N) is 1. The Balaban J connectivity index is 1.96. The molecule has 0 bridgehead atoms. The number of thiazole rings is 1. The summed E-state index contributed by atoms with van der Waals surface area (Å²) >= 11 is 1.31. The molecule has 7 heteroatoms. The van der Waals surface area contributed by atoms with Crippen molar-refractivity contribution in [1.29, 1.82) is 0 Å². The highest BCUT2D eigenvalue weighted by molar-refractivity contribution is 7.13. The molecule has 2 heterocycles. The highest BCUT2D eigenvalue weighted by Crippen LogP contribution is 2.20. The van der Waals surface area contributed by atoms with Gasteiger partial charge in [-0.1, -0.05) is 0 Å². The Labute approximate surface area is 107 Å². The van der Waals surface area contributed by atoms with Crippen LogP contribution < -0.4 is 11.1 Å². The number of aryl methyl sites for hydroxylation is 1. The third kappa shape index (κ3) is 2.88. The zero-order valence-electron chi connectivity index (χ0n) is 9.71. The fourth-order valence-corrected chi connectivity index (χ4v) is 2.12. The van der Waals surface area contributed by atoms with E-state index in [0.29, 0.717) is 17.4 Å². The summed E-state index contributed by atoms with van der Waals surface area (Å²) < 4.78 is 5.39. The maximum Gasteiger partial charge on any atom is 0.326 e. The minimum atomic E-state index is -1.09. The molecule has 0 spiro atoms. The van der Waals surface area contributed by atoms with Crippen LogP contribution in [0, 0.1) is 6.92 Å². The highest BCUT2D eigenvalue weighted by Gasteiger charge is 2.17. The second kappa shape index (κ2) is 5.19. The van der Waals surface area contributed by atoms with E-state index in [1.165, 1.54) is 11.3 Å². The van der Waals surface area contributed by atoms with Crippen LogP contribution in [0.1, 0.15) is 23.3 Å². The minimum Gasteiger partial charge on any atom is -0.480 e. The Bertz CT molecular complexity index is 549. The van der Waals surface area contributed by atoms with Crippen molar-refractivity contribution in [2.45, 2.75) is 19.5 Å². The SMILES string of the molecule is Cc1ccc(CNc2nc(C(N)C(=O)O)cs2)o1. The van der Waals surface area contributed by atoms with Crippen molar-refractivity contribution in [1.82, 2.24) is 4.98 Å². The van der Waals surface area contributed by atoms with Crippen LogP contribution in [0.2, 0.25) is 0 Å². The maximum absolute atomic E-state index is 10.7. The number of carboxylic acid groups (broad SMARTS) is 1. The molecule has 0 aliphatic carbocycles. The molecule has 0 aliphatic heterocycles. The average molecular weight is 267 g/mol. The van der Waals surface area contributed by atoms with Gasteiger partial charge in [-0.25, -0.2) is 4.98 Å². The van der Waals surface area contributed by atoms with Crippen LogP contribution in [0.15, 0.2) is 21.9 Å². The van der Waals surface area contributed by atoms with E-state index >= 15 is 0 Å². The van der Waals surface area contributed by atoms with Crippen molar-refractivity contribution in [2.24, 2.45) is 5.73 Å². The highest BCUT2D eigenvalue weighted by atomic mass is 32.1. The largest absolute Gasteiger partial charge is 0.480 e. The van der Waals surface area contributed by atoms with Gasteiger partial charge < -0.3 is 20.6 Å². The summed E-state index contributed by atoms with van der Waals surface area (Å²) in [5.41, 5.74) is 5.81. The molecule has 0 radical (unpaired) electrons. The zero-order valence-corrected chi connectivity index (χ0v) is 10.5. The smallest absolute Gasteiger partial charge is 0.326 e. The third-order valence-electron chi connectivity index (χ3n) is 2.32. The normalized spacial score (nSPS) is 12.3. The second-order valence-electron chi connectivity index (χ2n) is 3.76. The Hall–Kier alpha value is -1.86. The summed E-state index contributed by atoms with van der Waals surface area (Å²) in [7, 11) is 0. The molecule has 18 heavy (non-hydrogen) atoms. The van der Waals surface area contributed by atoms with E-state index in [-0.39, 0.29) is 0 Å². The van der Waals surface area contributed by atoms with Gasteiger partial charge in [0.1, 0.15) is 17.6 Å². The monoisotopic (exact) mass is 267 g/mol. The molecule has 0 aliphatic rings. The average Bonchev–Trinajstić information content (AvgIpc) is 2.94. The fraction of sp³-hybridized carbons (Fsp3) is 0.273. The first kappa shape index (κ1) is 12.6. The summed E-state index contributed by atoms with van der Waals surface area (Å²) in [6, 6.07) is 2.67. The molecule has 0 amide bonds. The number of carboxylic acids is 1. The van der Waals surface area contributed by atoms with E-state index in [9.17, 15) is 4.79 Å². The summed E-state index contributed by atoms with van der Waals surface area (Å²) in [5, 5.41) is 14.1. The number of furan rings is 1. The number of hydrogen-bond donors (Lipinski definition) is 3. The van der Waals surface area contributed by atoms with E-state index in [0.717, 1.165) is 11.5 Å². The fourth-order valence-electron chi connectivity index (χ4n) is 1.38. The molecule has 2 rings (SSSR count). The minimum absolute atomic E-state index is 0.352. The maximum atomic E-state index is 10.7. The van der Waals surface area contributed by atoms with Gasteiger partial charge in [-0.2, -0.15) is 0 Å². The number of hydrogen-bond acceptors (Lipinski definition) is 6. The third-order valence-corrected chi connectivity index (χ3v) is 3.13. The molecule has 4 N–H and O–H groups in total. The molecule has 0 fully saturated rings. The number of nitrogens with two attached hydrogens (primary N) is 1. The molecule has 1 atom stereocenters. The van der Waals surface area contributed by atoms with Crippen LogP contribution in [0.5, 0.6) is 0 Å². The number of nitrogens with one attached hydrogen (secondary N) is 1. The number of rotatable bonds is 5. The van der Waals surface area contributed by atoms with Crippen molar-refractivity contribution >= 4 is 22.4 Å². The van der Waals surface area contributed by atoms with Gasteiger partial charge in [0.15, 0.2) is 5.13 Å². The standard InChI is InChI=1S/C11H13N3O3S/c1-6-2-3-7(17-6)4-13-11-14-8(5-18-11)9(12)10(15)16/h2-3,5,9H,4,12H2,1H3,(H,13,14)(H,15,16). The number of aliphatic carboxylic acids is 1. The van der Waals surface area contributed by atoms with Crippen LogP contribution in [0.4, 0.5) is 5.13 Å². The summed E-state index contributed by atoms with van der Waals surface area (Å²) in [6.07, 6.45) is 0. The lowest BCUT2D eigenvalue weighted by Gasteiger charge is -2.01. The molecule has 2 aromatic heterocycles. The Kier molecular flexibility index (Phi) is 3.63. The molecule has 2 aromatic rings. The predicted molar refractivity (Wildman–Crippen MR) is 67.4 cm³/mol. The summed E-state index contributed by atoms with van der Waals surface area (Å²) in [6.45, 7) is 2.37. The molecule has 1 unspecified atom stereocenters. The van der Waals surface area contributed by atoms with Crippen LogP contribution in [-0.4, -0.2) is 16.1 Å². The first-order valence-electron chi connectivity index (χ1n) is 5.29. The molecule has 6 nitrogen and oxygen atoms in total. The second-order valence-corrected chi connectivity index (χ2v) is 4.62. The topological polar surface area (TPSA) is 101 Å². The first-order valence-corrected chi connectivity index (χ1v) is 6.17. The van der Waals surface area contributed by atoms with Crippen molar-refractivity contribution in [3.05, 3.63) is 34.7 Å². The van der Waals surface area contributed by atoms with Gasteiger partial charge in [0.05, 0.1) is 12.2 Å². The van der Waals surface area contributed by atoms with E-state index in [2.05, 4.69) is 10.3 Å². The quantitative estimate of drug-likeness (QED) is 0.762. The van der Waals surface area contributed by atoms with E-state index in [1.54, 1.807) is 5.38 Å². The number of aromatic nitrogens is 1. The molecular formula is C11H13N3O3S. The predicted octanol–water partition coefficient (Wildman–Crippen LogP) is 1.74. The lowest BCUT2D eigenvalue weighted by atomic mass is 10.2. The molecule has 0 saturated carbocycles. The van der Waals surface area contributed by atoms with E-state index in [4.69, 9.17) is 15.3 Å². The van der Waals surface area contributed by atoms with Crippen molar-refractivity contribution in [3.8, 4) is 0 Å². The van der Waals surface area contributed by atoms with Gasteiger partial charge in [0.25, 0.3) is 0 Å². The van der Waals surface area contributed by atoms with Crippen LogP contribution in [0.3, 0.4) is 0 Å². The number of carbonyl (C=O) groups is 1. The lowest BCUT2D eigenvalue weighted by Crippen LogP contribution is -2.20. The van der Waals surface area contributed by atoms with Crippen molar-refractivity contribution in [3.63, 3.8) is 0 Å². The summed E-state index contributed by atoms with van der Waals surface area (Å²) in [5.74, 6) is 0.555. The van der Waals surface area contributed by atoms with Gasteiger partial charge >= 0.3 is 5.97 Å². The lowest BCUT2D eigenvalue weighted by molar-refractivity contribution is -0.138. The van der Waals surface area contributed by atoms with Crippen LogP contribution in [0.25, 0.3) is 0 Å². The number of anilines is 1. The zero-order chi connectivity index (χ0) is 13.1. The Morgan fingerprint density at radius 2 is 2.44 bits per heavy atom. The van der Waals surface area contributed by atoms with Crippen LogP contribution in [-0.2, 0) is 11.3 Å². The van der Waals surface area contributed by atoms with Gasteiger partial charge in [-0.15, -0.1) is 11.3 Å². The van der Waals surface area contributed by atoms with Gasteiger partial charge in [0, 0.05) is 5.38 Å².